The largest absolute Gasteiger partial charge is 0.492 e. The average molecular weight is 246 g/mol. The predicted octanol–water partition coefficient (Wildman–Crippen LogP) is 2.76. The smallest absolute Gasteiger partial charge is 0.239 e. The van der Waals surface area contributed by atoms with E-state index in [1.54, 1.807) is 35.1 Å². The standard InChI is InChI=1S/C12H8ClN3O/c13-9-3-1-8(2-4-9)11-15-12(17)10-7-14-5-6-16(10)11/h1-7,17H. The van der Waals surface area contributed by atoms with E-state index in [0.717, 1.165) is 5.56 Å². The molecule has 2 heterocycles. The van der Waals surface area contributed by atoms with E-state index in [1.165, 1.54) is 0 Å². The van der Waals surface area contributed by atoms with E-state index in [2.05, 4.69) is 9.97 Å². The molecular formula is C12H8ClN3O. The molecule has 0 radical (unpaired) electrons. The van der Waals surface area contributed by atoms with E-state index in [9.17, 15) is 5.11 Å². The van der Waals surface area contributed by atoms with Gasteiger partial charge in [0.15, 0.2) is 0 Å². The lowest BCUT2D eigenvalue weighted by atomic mass is 10.2. The second kappa shape index (κ2) is 3.75. The van der Waals surface area contributed by atoms with Gasteiger partial charge in [0.25, 0.3) is 0 Å². The van der Waals surface area contributed by atoms with Gasteiger partial charge in [-0.05, 0) is 24.3 Å². The highest BCUT2D eigenvalue weighted by molar-refractivity contribution is 6.30. The van der Waals surface area contributed by atoms with Gasteiger partial charge in [0.05, 0.1) is 6.20 Å². The summed E-state index contributed by atoms with van der Waals surface area (Å²) in [5.74, 6) is 0.639. The Labute approximate surface area is 102 Å². The van der Waals surface area contributed by atoms with Crippen molar-refractivity contribution in [2.75, 3.05) is 0 Å². The lowest BCUT2D eigenvalue weighted by Gasteiger charge is -2.00. The Bertz CT molecular complexity index is 676. The van der Waals surface area contributed by atoms with Crippen LogP contribution in [0, 0.1) is 0 Å². The summed E-state index contributed by atoms with van der Waals surface area (Å²) in [4.78, 5) is 8.08. The number of rotatable bonds is 1. The molecule has 0 atom stereocenters. The van der Waals surface area contributed by atoms with E-state index in [-0.39, 0.29) is 5.88 Å². The van der Waals surface area contributed by atoms with Gasteiger partial charge < -0.3 is 5.11 Å². The third-order valence-corrected chi connectivity index (χ3v) is 2.78. The minimum absolute atomic E-state index is 0.0250. The van der Waals surface area contributed by atoms with Gasteiger partial charge in [0.2, 0.25) is 5.88 Å². The van der Waals surface area contributed by atoms with Crippen LogP contribution in [-0.2, 0) is 0 Å². The number of nitrogens with zero attached hydrogens (tertiary/aromatic N) is 3. The zero-order chi connectivity index (χ0) is 11.8. The van der Waals surface area contributed by atoms with E-state index < -0.39 is 0 Å². The molecule has 0 aliphatic rings. The van der Waals surface area contributed by atoms with Crippen molar-refractivity contribution in [3.8, 4) is 17.3 Å². The summed E-state index contributed by atoms with van der Waals surface area (Å²) in [6.45, 7) is 0. The Balaban J connectivity index is 2.27. The zero-order valence-electron chi connectivity index (χ0n) is 8.71. The van der Waals surface area contributed by atoms with Crippen LogP contribution >= 0.6 is 11.6 Å². The molecule has 0 unspecified atom stereocenters. The third kappa shape index (κ3) is 1.62. The lowest BCUT2D eigenvalue weighted by Crippen LogP contribution is -1.89. The molecule has 0 spiro atoms. The molecule has 0 bridgehead atoms. The van der Waals surface area contributed by atoms with Crippen LogP contribution in [0.15, 0.2) is 42.9 Å². The number of imidazole rings is 1. The monoisotopic (exact) mass is 245 g/mol. The topological polar surface area (TPSA) is 50.4 Å². The van der Waals surface area contributed by atoms with Crippen molar-refractivity contribution in [2.45, 2.75) is 0 Å². The molecular weight excluding hydrogens is 238 g/mol. The first-order valence-corrected chi connectivity index (χ1v) is 5.40. The normalized spacial score (nSPS) is 10.9. The van der Waals surface area contributed by atoms with Crippen LogP contribution in [0.2, 0.25) is 5.02 Å². The maximum Gasteiger partial charge on any atom is 0.239 e. The second-order valence-electron chi connectivity index (χ2n) is 3.60. The minimum Gasteiger partial charge on any atom is -0.492 e. The van der Waals surface area contributed by atoms with Crippen molar-refractivity contribution in [3.05, 3.63) is 47.9 Å². The van der Waals surface area contributed by atoms with Gasteiger partial charge in [0.1, 0.15) is 11.3 Å². The zero-order valence-corrected chi connectivity index (χ0v) is 9.46. The molecule has 17 heavy (non-hydrogen) atoms. The number of halogens is 1. The van der Waals surface area contributed by atoms with E-state index in [4.69, 9.17) is 11.6 Å². The van der Waals surface area contributed by atoms with Gasteiger partial charge in [0, 0.05) is 23.0 Å². The van der Waals surface area contributed by atoms with Crippen molar-refractivity contribution in [1.82, 2.24) is 14.4 Å². The maximum absolute atomic E-state index is 9.71. The number of aromatic nitrogens is 3. The molecule has 0 amide bonds. The molecule has 3 rings (SSSR count). The maximum atomic E-state index is 9.71. The molecule has 1 aromatic carbocycles. The molecule has 84 valence electrons. The van der Waals surface area contributed by atoms with Crippen LogP contribution < -0.4 is 0 Å². The van der Waals surface area contributed by atoms with Gasteiger partial charge in [-0.25, -0.2) is 0 Å². The van der Waals surface area contributed by atoms with Gasteiger partial charge in [-0.15, -0.1) is 0 Å². The molecule has 1 N–H and O–H groups in total. The summed E-state index contributed by atoms with van der Waals surface area (Å²) < 4.78 is 1.78. The molecule has 3 aromatic rings. The Morgan fingerprint density at radius 1 is 1.18 bits per heavy atom. The molecule has 0 fully saturated rings. The summed E-state index contributed by atoms with van der Waals surface area (Å²) in [5.41, 5.74) is 1.47. The molecule has 0 saturated carbocycles. The van der Waals surface area contributed by atoms with Gasteiger partial charge in [-0.1, -0.05) is 11.6 Å². The quantitative estimate of drug-likeness (QED) is 0.717. The number of fused-ring (bicyclic) bond motifs is 1. The number of hydrogen-bond acceptors (Lipinski definition) is 3. The predicted molar refractivity (Wildman–Crippen MR) is 65.1 cm³/mol. The minimum atomic E-state index is -0.0250. The van der Waals surface area contributed by atoms with Crippen LogP contribution in [0.5, 0.6) is 5.88 Å². The van der Waals surface area contributed by atoms with Gasteiger partial charge >= 0.3 is 0 Å². The first kappa shape index (κ1) is 10.1. The van der Waals surface area contributed by atoms with E-state index in [0.29, 0.717) is 16.4 Å². The van der Waals surface area contributed by atoms with Gasteiger partial charge in [-0.3, -0.25) is 9.38 Å². The van der Waals surface area contributed by atoms with Gasteiger partial charge in [-0.2, -0.15) is 4.98 Å². The van der Waals surface area contributed by atoms with Crippen LogP contribution in [0.3, 0.4) is 0 Å². The van der Waals surface area contributed by atoms with Crippen molar-refractivity contribution in [3.63, 3.8) is 0 Å². The molecule has 0 aliphatic heterocycles. The Morgan fingerprint density at radius 3 is 2.71 bits per heavy atom. The van der Waals surface area contributed by atoms with E-state index in [1.807, 2.05) is 12.1 Å². The molecule has 0 saturated heterocycles. The van der Waals surface area contributed by atoms with Crippen molar-refractivity contribution in [2.24, 2.45) is 0 Å². The first-order chi connectivity index (χ1) is 8.25. The Hall–Kier alpha value is -2.07. The third-order valence-electron chi connectivity index (χ3n) is 2.53. The summed E-state index contributed by atoms with van der Waals surface area (Å²) >= 11 is 5.84. The fourth-order valence-corrected chi connectivity index (χ4v) is 1.85. The van der Waals surface area contributed by atoms with Crippen LogP contribution in [0.25, 0.3) is 16.9 Å². The SMILES string of the molecule is Oc1nc(-c2ccc(Cl)cc2)n2ccncc12. The molecule has 5 heteroatoms. The molecule has 2 aromatic heterocycles. The molecule has 0 aliphatic carbocycles. The fraction of sp³-hybridized carbons (Fsp3) is 0. The first-order valence-electron chi connectivity index (χ1n) is 5.02. The summed E-state index contributed by atoms with van der Waals surface area (Å²) in [5, 5.41) is 10.4. The molecule has 4 nitrogen and oxygen atoms in total. The fourth-order valence-electron chi connectivity index (χ4n) is 1.73. The Morgan fingerprint density at radius 2 is 1.94 bits per heavy atom. The van der Waals surface area contributed by atoms with Crippen molar-refractivity contribution >= 4 is 17.1 Å². The summed E-state index contributed by atoms with van der Waals surface area (Å²) in [7, 11) is 0. The summed E-state index contributed by atoms with van der Waals surface area (Å²) in [6.07, 6.45) is 4.97. The van der Waals surface area contributed by atoms with Crippen LogP contribution in [0.1, 0.15) is 0 Å². The van der Waals surface area contributed by atoms with Crippen LogP contribution in [0.4, 0.5) is 0 Å². The lowest BCUT2D eigenvalue weighted by molar-refractivity contribution is 0.462. The Kier molecular flexibility index (Phi) is 2.23. The number of aromatic hydroxyl groups is 1. The average Bonchev–Trinajstić information content (AvgIpc) is 2.69. The number of hydrogen-bond donors (Lipinski definition) is 1. The second-order valence-corrected chi connectivity index (χ2v) is 4.03. The van der Waals surface area contributed by atoms with E-state index >= 15 is 0 Å². The van der Waals surface area contributed by atoms with Crippen LogP contribution in [-0.4, -0.2) is 19.5 Å². The highest BCUT2D eigenvalue weighted by Gasteiger charge is 2.11. The number of benzene rings is 1. The summed E-state index contributed by atoms with van der Waals surface area (Å²) in [6, 6.07) is 7.29. The highest BCUT2D eigenvalue weighted by atomic mass is 35.5. The highest BCUT2D eigenvalue weighted by Crippen LogP contribution is 2.26. The van der Waals surface area contributed by atoms with Crippen molar-refractivity contribution < 1.29 is 5.11 Å². The van der Waals surface area contributed by atoms with Crippen molar-refractivity contribution in [1.29, 1.82) is 0 Å².